The summed E-state index contributed by atoms with van der Waals surface area (Å²) in [6.45, 7) is 3.33. The molecule has 2 N–H and O–H groups in total. The fourth-order valence-corrected chi connectivity index (χ4v) is 4.90. The fraction of sp³-hybridized carbons (Fsp3) is 0.214. The third kappa shape index (κ3) is 3.47. The Morgan fingerprint density at radius 2 is 1.16 bits per heavy atom. The lowest BCUT2D eigenvalue weighted by molar-refractivity contribution is 0.699. The number of hydrogen-bond acceptors (Lipinski definition) is 3. The Hall–Kier alpha value is -3.50. The minimum absolute atomic E-state index is 0.787. The number of rotatable bonds is 0. The highest BCUT2D eigenvalue weighted by Gasteiger charge is 2.18. The van der Waals surface area contributed by atoms with Gasteiger partial charge < -0.3 is 10.3 Å². The van der Waals surface area contributed by atoms with Crippen molar-refractivity contribution in [2.24, 2.45) is 9.98 Å². The number of aliphatic imine (C=N–C) groups is 2. The molecular formula is C28H26N4. The van der Waals surface area contributed by atoms with Crippen molar-refractivity contribution in [3.05, 3.63) is 83.0 Å². The van der Waals surface area contributed by atoms with E-state index in [0.29, 0.717) is 0 Å². The van der Waals surface area contributed by atoms with Crippen LogP contribution in [0.2, 0.25) is 0 Å². The standard InChI is InChI=1S/C28H26N4/c1-3-23-21-9-7-19(15-21)17-30-13-11-29-12-14-31-18-20-8-10-22(16-20)24-4-2-6-26-25(5-1)27(23)32-28(24)26/h1-10,17-18,29,32H,11-16H2. The predicted molar refractivity (Wildman–Crippen MR) is 137 cm³/mol. The van der Waals surface area contributed by atoms with Crippen LogP contribution in [-0.4, -0.2) is 43.6 Å². The SMILES string of the molecule is C1=NCCNCCN=CC2=CC=C(C2)c2cccc3c2[nH]c2c(cccc23)C2=CC=C1C2. The maximum atomic E-state index is 4.61. The van der Waals surface area contributed by atoms with Gasteiger partial charge in [0.15, 0.2) is 0 Å². The average molecular weight is 419 g/mol. The predicted octanol–water partition coefficient (Wildman–Crippen LogP) is 5.49. The van der Waals surface area contributed by atoms with E-state index in [1.807, 2.05) is 12.4 Å². The van der Waals surface area contributed by atoms with Gasteiger partial charge in [-0.05, 0) is 35.1 Å². The Kier molecular flexibility index (Phi) is 4.93. The summed E-state index contributed by atoms with van der Waals surface area (Å²) in [4.78, 5) is 13.0. The molecular weight excluding hydrogens is 392 g/mol. The van der Waals surface area contributed by atoms with Crippen LogP contribution in [0.5, 0.6) is 0 Å². The van der Waals surface area contributed by atoms with Gasteiger partial charge in [-0.1, -0.05) is 60.7 Å². The third-order valence-corrected chi connectivity index (χ3v) is 6.50. The monoisotopic (exact) mass is 418 g/mol. The van der Waals surface area contributed by atoms with E-state index < -0.39 is 0 Å². The number of hydrogen-bond donors (Lipinski definition) is 2. The lowest BCUT2D eigenvalue weighted by atomic mass is 9.98. The Labute approximate surface area is 187 Å². The molecule has 3 aliphatic rings. The van der Waals surface area contributed by atoms with E-state index in [-0.39, 0.29) is 0 Å². The van der Waals surface area contributed by atoms with Crippen molar-refractivity contribution in [1.82, 2.24) is 10.3 Å². The first kappa shape index (κ1) is 19.2. The van der Waals surface area contributed by atoms with E-state index in [0.717, 1.165) is 39.0 Å². The molecule has 1 aliphatic heterocycles. The second-order valence-corrected chi connectivity index (χ2v) is 8.62. The largest absolute Gasteiger partial charge is 0.354 e. The molecule has 2 aromatic carbocycles. The van der Waals surface area contributed by atoms with Crippen LogP contribution in [0.15, 0.2) is 81.8 Å². The Bertz CT molecular complexity index is 1290. The smallest absolute Gasteiger partial charge is 0.0541 e. The lowest BCUT2D eigenvalue weighted by Gasteiger charge is -2.06. The number of nitrogens with one attached hydrogen (secondary N) is 2. The minimum atomic E-state index is 0.787. The molecule has 0 unspecified atom stereocenters. The molecule has 4 nitrogen and oxygen atoms in total. The van der Waals surface area contributed by atoms with Gasteiger partial charge in [0.25, 0.3) is 0 Å². The van der Waals surface area contributed by atoms with E-state index in [1.165, 1.54) is 55.2 Å². The van der Waals surface area contributed by atoms with Crippen LogP contribution < -0.4 is 5.32 Å². The van der Waals surface area contributed by atoms with Gasteiger partial charge >= 0.3 is 0 Å². The van der Waals surface area contributed by atoms with Crippen LogP contribution in [-0.2, 0) is 0 Å². The summed E-state index contributed by atoms with van der Waals surface area (Å²) in [5.41, 5.74) is 10.2. The molecule has 6 bridgehead atoms. The number of para-hydroxylation sites is 2. The second-order valence-electron chi connectivity index (χ2n) is 8.62. The van der Waals surface area contributed by atoms with Crippen LogP contribution in [0, 0.1) is 0 Å². The molecule has 1 aromatic heterocycles. The van der Waals surface area contributed by atoms with E-state index in [1.54, 1.807) is 0 Å². The topological polar surface area (TPSA) is 52.5 Å². The number of aromatic amines is 1. The van der Waals surface area contributed by atoms with Gasteiger partial charge in [0, 0.05) is 47.4 Å². The summed E-state index contributed by atoms with van der Waals surface area (Å²) >= 11 is 0. The minimum Gasteiger partial charge on any atom is -0.354 e. The third-order valence-electron chi connectivity index (χ3n) is 6.50. The zero-order valence-corrected chi connectivity index (χ0v) is 18.1. The molecule has 0 saturated carbocycles. The zero-order chi connectivity index (χ0) is 21.3. The molecule has 32 heavy (non-hydrogen) atoms. The summed E-state index contributed by atoms with van der Waals surface area (Å²) in [7, 11) is 0. The first-order chi connectivity index (χ1) is 15.9. The normalized spacial score (nSPS) is 18.9. The Morgan fingerprint density at radius 1 is 0.625 bits per heavy atom. The van der Waals surface area contributed by atoms with Gasteiger partial charge in [0.1, 0.15) is 0 Å². The first-order valence-electron chi connectivity index (χ1n) is 11.4. The van der Waals surface area contributed by atoms with E-state index in [2.05, 4.69) is 81.0 Å². The van der Waals surface area contributed by atoms with Crippen molar-refractivity contribution in [3.8, 4) is 0 Å². The van der Waals surface area contributed by atoms with Gasteiger partial charge in [-0.15, -0.1) is 0 Å². The molecule has 4 heteroatoms. The number of benzene rings is 2. The average Bonchev–Trinajstić information content (AvgIpc) is 3.55. The van der Waals surface area contributed by atoms with Crippen LogP contribution in [0.4, 0.5) is 0 Å². The number of fused-ring (bicyclic) bond motifs is 7. The summed E-state index contributed by atoms with van der Waals surface area (Å²) in [5.74, 6) is 0. The molecule has 0 atom stereocenters. The number of aromatic nitrogens is 1. The molecule has 3 aromatic rings. The quantitative estimate of drug-likeness (QED) is 0.498. The highest BCUT2D eigenvalue weighted by Crippen LogP contribution is 2.38. The van der Waals surface area contributed by atoms with Gasteiger partial charge in [0.2, 0.25) is 0 Å². The molecule has 2 aliphatic carbocycles. The van der Waals surface area contributed by atoms with Crippen molar-refractivity contribution < 1.29 is 0 Å². The molecule has 0 saturated heterocycles. The summed E-state index contributed by atoms with van der Waals surface area (Å²) < 4.78 is 0. The fourth-order valence-electron chi connectivity index (χ4n) is 4.90. The van der Waals surface area contributed by atoms with Crippen LogP contribution in [0.3, 0.4) is 0 Å². The molecule has 0 radical (unpaired) electrons. The number of allylic oxidation sites excluding steroid dienone is 8. The van der Waals surface area contributed by atoms with Crippen LogP contribution in [0.1, 0.15) is 24.0 Å². The van der Waals surface area contributed by atoms with Crippen molar-refractivity contribution in [2.45, 2.75) is 12.8 Å². The summed E-state index contributed by atoms with van der Waals surface area (Å²) in [6, 6.07) is 13.3. The molecule has 2 heterocycles. The van der Waals surface area contributed by atoms with Crippen molar-refractivity contribution >= 4 is 45.4 Å². The van der Waals surface area contributed by atoms with Crippen molar-refractivity contribution in [2.75, 3.05) is 26.2 Å². The zero-order valence-electron chi connectivity index (χ0n) is 18.1. The first-order valence-corrected chi connectivity index (χ1v) is 11.4. The maximum Gasteiger partial charge on any atom is 0.0541 e. The van der Waals surface area contributed by atoms with Gasteiger partial charge in [-0.2, -0.15) is 0 Å². The van der Waals surface area contributed by atoms with Gasteiger partial charge in [0.05, 0.1) is 24.1 Å². The second kappa shape index (κ2) is 8.21. The molecule has 158 valence electrons. The van der Waals surface area contributed by atoms with Crippen LogP contribution >= 0.6 is 0 Å². The van der Waals surface area contributed by atoms with E-state index >= 15 is 0 Å². The Morgan fingerprint density at radius 3 is 1.69 bits per heavy atom. The van der Waals surface area contributed by atoms with Crippen molar-refractivity contribution in [3.63, 3.8) is 0 Å². The van der Waals surface area contributed by atoms with E-state index in [4.69, 9.17) is 0 Å². The molecule has 0 fully saturated rings. The number of H-pyrrole nitrogens is 1. The molecule has 0 amide bonds. The van der Waals surface area contributed by atoms with Gasteiger partial charge in [-0.25, -0.2) is 0 Å². The maximum absolute atomic E-state index is 4.61. The molecule has 0 spiro atoms. The van der Waals surface area contributed by atoms with Gasteiger partial charge in [-0.3, -0.25) is 9.98 Å². The number of nitrogens with zero attached hydrogens (tertiary/aromatic N) is 2. The van der Waals surface area contributed by atoms with E-state index in [9.17, 15) is 0 Å². The van der Waals surface area contributed by atoms with Crippen LogP contribution in [0.25, 0.3) is 33.0 Å². The van der Waals surface area contributed by atoms with Crippen molar-refractivity contribution in [1.29, 1.82) is 0 Å². The summed E-state index contributed by atoms with van der Waals surface area (Å²) in [6.07, 6.45) is 14.8. The molecule has 6 rings (SSSR count). The summed E-state index contributed by atoms with van der Waals surface area (Å²) in [5, 5.41) is 5.99. The highest BCUT2D eigenvalue weighted by molar-refractivity contribution is 6.13. The highest BCUT2D eigenvalue weighted by atomic mass is 14.9. The lowest BCUT2D eigenvalue weighted by Crippen LogP contribution is -2.20. The Balaban J connectivity index is 1.44.